The maximum atomic E-state index is 13.6. The number of halogens is 1. The van der Waals surface area contributed by atoms with E-state index in [-0.39, 0.29) is 55.5 Å². The van der Waals surface area contributed by atoms with Crippen LogP contribution in [0.15, 0.2) is 12.1 Å². The highest BCUT2D eigenvalue weighted by Crippen LogP contribution is 2.38. The Hall–Kier alpha value is -2.94. The lowest BCUT2D eigenvalue weighted by molar-refractivity contribution is -0.132. The number of amides is 3. The zero-order valence-electron chi connectivity index (χ0n) is 22.0. The number of nitrogens with zero attached hydrogens (tertiary/aromatic N) is 5. The van der Waals surface area contributed by atoms with Gasteiger partial charge in [0.05, 0.1) is 22.1 Å². The molecule has 2 unspecified atom stereocenters. The van der Waals surface area contributed by atoms with Crippen LogP contribution in [0.3, 0.4) is 0 Å². The number of urea groups is 1. The van der Waals surface area contributed by atoms with Crippen LogP contribution in [0.4, 0.5) is 4.79 Å². The molecule has 0 aliphatic carbocycles. The van der Waals surface area contributed by atoms with E-state index in [0.29, 0.717) is 23.1 Å². The molecule has 0 saturated carbocycles. The Morgan fingerprint density at radius 3 is 2.61 bits per heavy atom. The van der Waals surface area contributed by atoms with Gasteiger partial charge in [-0.1, -0.05) is 18.5 Å². The fourth-order valence-electron chi connectivity index (χ4n) is 4.96. The normalized spacial score (nSPS) is 20.1. The van der Waals surface area contributed by atoms with Crippen molar-refractivity contribution in [2.45, 2.75) is 52.6 Å². The molecule has 10 nitrogen and oxygen atoms in total. The number of likely N-dealkylation sites (tertiary alicyclic amines) is 2. The highest BCUT2D eigenvalue weighted by Gasteiger charge is 2.42. The predicted octanol–water partition coefficient (Wildman–Crippen LogP) is 4.53. The van der Waals surface area contributed by atoms with Crippen molar-refractivity contribution in [2.75, 3.05) is 33.4 Å². The lowest BCUT2D eigenvalue weighted by Gasteiger charge is -2.36. The Balaban J connectivity index is 1.73. The second kappa shape index (κ2) is 11.4. The van der Waals surface area contributed by atoms with Crippen LogP contribution in [0.5, 0.6) is 5.88 Å². The number of methoxy groups -OCH3 is 1. The van der Waals surface area contributed by atoms with Crippen molar-refractivity contribution in [1.82, 2.24) is 19.6 Å². The Morgan fingerprint density at radius 1 is 1.29 bits per heavy atom. The Morgan fingerprint density at radius 2 is 2.00 bits per heavy atom. The summed E-state index contributed by atoms with van der Waals surface area (Å²) in [5.74, 6) is -1.25. The van der Waals surface area contributed by atoms with Crippen molar-refractivity contribution in [3.63, 3.8) is 0 Å². The van der Waals surface area contributed by atoms with Gasteiger partial charge >= 0.3 is 6.03 Å². The van der Waals surface area contributed by atoms with Gasteiger partial charge in [0.15, 0.2) is 0 Å². The van der Waals surface area contributed by atoms with E-state index in [9.17, 15) is 19.6 Å². The van der Waals surface area contributed by atoms with Crippen molar-refractivity contribution in [1.29, 1.82) is 5.26 Å². The number of piperidine rings is 1. The summed E-state index contributed by atoms with van der Waals surface area (Å²) in [5, 5.41) is 14.8. The molecule has 12 heteroatoms. The van der Waals surface area contributed by atoms with Crippen LogP contribution >= 0.6 is 22.9 Å². The predicted molar refractivity (Wildman–Crippen MR) is 141 cm³/mol. The van der Waals surface area contributed by atoms with E-state index >= 15 is 0 Å². The minimum absolute atomic E-state index is 0.0303. The maximum absolute atomic E-state index is 13.6. The summed E-state index contributed by atoms with van der Waals surface area (Å²) in [6.45, 7) is 6.90. The summed E-state index contributed by atoms with van der Waals surface area (Å²) in [7, 11) is 1.51. The van der Waals surface area contributed by atoms with Crippen LogP contribution in [0.1, 0.15) is 66.9 Å². The van der Waals surface area contributed by atoms with Gasteiger partial charge in [0, 0.05) is 44.0 Å². The Kier molecular flexibility index (Phi) is 8.45. The number of carbonyl (C=O) groups excluding carboxylic acids is 3. The number of thiophene rings is 1. The van der Waals surface area contributed by atoms with Crippen LogP contribution in [0.2, 0.25) is 4.34 Å². The number of nitriles is 1. The smallest absolute Gasteiger partial charge is 0.326 e. The van der Waals surface area contributed by atoms with E-state index in [1.165, 1.54) is 23.3 Å². The molecule has 2 atom stereocenters. The molecule has 0 aromatic carbocycles. The van der Waals surface area contributed by atoms with E-state index in [4.69, 9.17) is 21.1 Å². The maximum Gasteiger partial charge on any atom is 0.326 e. The van der Waals surface area contributed by atoms with Crippen LogP contribution < -0.4 is 4.74 Å². The first-order valence-electron chi connectivity index (χ1n) is 12.6. The molecule has 0 spiro atoms. The van der Waals surface area contributed by atoms with Crippen LogP contribution in [-0.2, 0) is 16.1 Å². The number of rotatable bonds is 7. The third-order valence-electron chi connectivity index (χ3n) is 7.06. The minimum atomic E-state index is -0.957. The fraction of sp³-hybridized carbons (Fsp3) is 0.577. The quantitative estimate of drug-likeness (QED) is 0.487. The molecule has 2 aromatic heterocycles. The Bertz CT molecular complexity index is 1260. The first-order valence-corrected chi connectivity index (χ1v) is 13.8. The van der Waals surface area contributed by atoms with Crippen molar-refractivity contribution in [2.24, 2.45) is 11.3 Å². The number of imide groups is 1. The third-order valence-corrected chi connectivity index (χ3v) is 8.27. The number of aromatic nitrogens is 2. The van der Waals surface area contributed by atoms with Gasteiger partial charge in [-0.3, -0.25) is 14.5 Å². The molecule has 0 bridgehead atoms. The lowest BCUT2D eigenvalue weighted by atomic mass is 9.83. The molecule has 4 heterocycles. The molecule has 204 valence electrons. The SMILES string of the molecule is COCC(C)(C)C(=O)n1nc(C2CN(C(=O)N3CCCC3)C(=O)CC2C)c(C#N)c1OCc1ccc(Cl)s1. The van der Waals surface area contributed by atoms with Gasteiger partial charge < -0.3 is 14.4 Å². The molecule has 0 N–H and O–H groups in total. The molecular weight excluding hydrogens is 530 g/mol. The summed E-state index contributed by atoms with van der Waals surface area (Å²) < 4.78 is 13.0. The van der Waals surface area contributed by atoms with Crippen LogP contribution in [-0.4, -0.2) is 70.8 Å². The topological polar surface area (TPSA) is 118 Å². The fourth-order valence-corrected chi connectivity index (χ4v) is 5.96. The van der Waals surface area contributed by atoms with E-state index in [0.717, 1.165) is 22.4 Å². The first-order chi connectivity index (χ1) is 18.1. The van der Waals surface area contributed by atoms with Crippen molar-refractivity contribution in [3.05, 3.63) is 32.6 Å². The van der Waals surface area contributed by atoms with E-state index in [2.05, 4.69) is 11.2 Å². The second-order valence-electron chi connectivity index (χ2n) is 10.5. The van der Waals surface area contributed by atoms with Gasteiger partial charge in [-0.05, 0) is 44.7 Å². The summed E-state index contributed by atoms with van der Waals surface area (Å²) in [6.07, 6.45) is 1.95. The average Bonchev–Trinajstić information content (AvgIpc) is 3.62. The van der Waals surface area contributed by atoms with E-state index in [1.54, 1.807) is 24.8 Å². The van der Waals surface area contributed by atoms with E-state index < -0.39 is 17.2 Å². The minimum Gasteiger partial charge on any atom is -0.471 e. The number of hydrogen-bond acceptors (Lipinski definition) is 8. The highest BCUT2D eigenvalue weighted by molar-refractivity contribution is 7.16. The van der Waals surface area contributed by atoms with Crippen LogP contribution in [0, 0.1) is 22.7 Å². The summed E-state index contributed by atoms with van der Waals surface area (Å²) >= 11 is 7.39. The molecule has 2 aliphatic rings. The number of carbonyl (C=O) groups is 3. The van der Waals surface area contributed by atoms with Gasteiger partial charge in [-0.25, -0.2) is 4.79 Å². The Labute approximate surface area is 231 Å². The molecule has 2 saturated heterocycles. The molecule has 0 radical (unpaired) electrons. The van der Waals surface area contributed by atoms with Gasteiger partial charge in [0.1, 0.15) is 18.2 Å². The standard InChI is InChI=1S/C26H32ClN5O5S/c1-16-11-21(33)31(25(35)30-9-5-6-10-30)13-19(16)22-18(12-28)23(37-14-17-7-8-20(27)38-17)32(29-22)24(34)26(2,3)15-36-4/h7-8,16,19H,5-6,9-11,13-15H2,1-4H3. The van der Waals surface area contributed by atoms with Gasteiger partial charge in [0.2, 0.25) is 11.8 Å². The monoisotopic (exact) mass is 561 g/mol. The summed E-state index contributed by atoms with van der Waals surface area (Å²) in [5.41, 5.74) is -0.498. The summed E-state index contributed by atoms with van der Waals surface area (Å²) in [6, 6.07) is 5.43. The molecule has 3 amide bonds. The van der Waals surface area contributed by atoms with Crippen molar-refractivity contribution in [3.8, 4) is 11.9 Å². The molecule has 38 heavy (non-hydrogen) atoms. The van der Waals surface area contributed by atoms with Crippen LogP contribution in [0.25, 0.3) is 0 Å². The molecule has 2 aliphatic heterocycles. The van der Waals surface area contributed by atoms with Gasteiger partial charge in [-0.2, -0.15) is 15.0 Å². The lowest BCUT2D eigenvalue weighted by Crippen LogP contribution is -2.51. The number of ether oxygens (including phenoxy) is 2. The second-order valence-corrected chi connectivity index (χ2v) is 12.3. The van der Waals surface area contributed by atoms with Crippen molar-refractivity contribution < 1.29 is 23.9 Å². The molecular formula is C26H32ClN5O5S. The third kappa shape index (κ3) is 5.58. The number of hydrogen-bond donors (Lipinski definition) is 0. The first kappa shape index (κ1) is 28.1. The average molecular weight is 562 g/mol. The largest absolute Gasteiger partial charge is 0.471 e. The summed E-state index contributed by atoms with van der Waals surface area (Å²) in [4.78, 5) is 43.4. The molecule has 4 rings (SSSR count). The molecule has 2 aromatic rings. The van der Waals surface area contributed by atoms with Gasteiger partial charge in [0.25, 0.3) is 5.91 Å². The molecule has 2 fully saturated rings. The van der Waals surface area contributed by atoms with E-state index in [1.807, 2.05) is 13.0 Å². The highest BCUT2D eigenvalue weighted by atomic mass is 35.5. The van der Waals surface area contributed by atoms with Gasteiger partial charge in [-0.15, -0.1) is 11.3 Å². The van der Waals surface area contributed by atoms with Crippen molar-refractivity contribution >= 4 is 40.8 Å². The zero-order chi connectivity index (χ0) is 27.6. The zero-order valence-corrected chi connectivity index (χ0v) is 23.6.